The predicted molar refractivity (Wildman–Crippen MR) is 75.5 cm³/mol. The number of halogens is 1. The number of amides is 1. The second-order valence-electron chi connectivity index (χ2n) is 5.14. The highest BCUT2D eigenvalue weighted by molar-refractivity contribution is 6.31. The van der Waals surface area contributed by atoms with Gasteiger partial charge in [-0.3, -0.25) is 4.79 Å². The molecule has 2 heterocycles. The minimum Gasteiger partial charge on any atom is -0.381 e. The van der Waals surface area contributed by atoms with Crippen molar-refractivity contribution in [1.82, 2.24) is 9.47 Å². The van der Waals surface area contributed by atoms with Crippen molar-refractivity contribution in [1.29, 1.82) is 0 Å². The van der Waals surface area contributed by atoms with Gasteiger partial charge >= 0.3 is 0 Å². The van der Waals surface area contributed by atoms with Crippen LogP contribution in [0, 0.1) is 5.92 Å². The first kappa shape index (κ1) is 14.4. The molecule has 1 aromatic rings. The van der Waals surface area contributed by atoms with Gasteiger partial charge in [0.05, 0.1) is 11.6 Å². The van der Waals surface area contributed by atoms with E-state index < -0.39 is 0 Å². The zero-order chi connectivity index (χ0) is 13.8. The van der Waals surface area contributed by atoms with Crippen LogP contribution in [-0.2, 0) is 11.8 Å². The van der Waals surface area contributed by atoms with Crippen LogP contribution >= 0.6 is 11.6 Å². The normalized spacial score (nSPS) is 19.1. The van der Waals surface area contributed by atoms with Crippen LogP contribution in [0.3, 0.4) is 0 Å². The van der Waals surface area contributed by atoms with Crippen molar-refractivity contribution >= 4 is 17.5 Å². The highest BCUT2D eigenvalue weighted by Gasteiger charge is 2.28. The summed E-state index contributed by atoms with van der Waals surface area (Å²) in [6.45, 7) is 5.25. The maximum absolute atomic E-state index is 12.4. The molecule has 1 fully saturated rings. The lowest BCUT2D eigenvalue weighted by Gasteiger charge is -2.17. The second kappa shape index (κ2) is 6.44. The molecule has 0 saturated carbocycles. The number of nitrogens with zero attached hydrogens (tertiary/aromatic N) is 2. The summed E-state index contributed by atoms with van der Waals surface area (Å²) in [5.74, 6) is 0.527. The maximum Gasteiger partial charge on any atom is 0.270 e. The van der Waals surface area contributed by atoms with Crippen LogP contribution in [0.25, 0.3) is 0 Å². The summed E-state index contributed by atoms with van der Waals surface area (Å²) in [5.41, 5.74) is 0.653. The van der Waals surface area contributed by atoms with E-state index in [0.29, 0.717) is 16.6 Å². The summed E-state index contributed by atoms with van der Waals surface area (Å²) < 4.78 is 7.35. The molecule has 0 bridgehead atoms. The fourth-order valence-corrected chi connectivity index (χ4v) is 2.70. The third-order valence-corrected chi connectivity index (χ3v) is 3.67. The Labute approximate surface area is 119 Å². The molecule has 0 radical (unpaired) electrons. The number of rotatable bonds is 5. The summed E-state index contributed by atoms with van der Waals surface area (Å²) in [7, 11) is 1.84. The van der Waals surface area contributed by atoms with E-state index in [1.807, 2.05) is 11.9 Å². The summed E-state index contributed by atoms with van der Waals surface area (Å²) in [5, 5.41) is 0.605. The molecule has 1 aliphatic rings. The Morgan fingerprint density at radius 1 is 1.58 bits per heavy atom. The second-order valence-corrected chi connectivity index (χ2v) is 5.57. The number of ether oxygens (including phenoxy) is 1. The number of aryl methyl sites for hydroxylation is 1. The number of likely N-dealkylation sites (tertiary alicyclic amines) is 1. The third-order valence-electron chi connectivity index (χ3n) is 3.47. The van der Waals surface area contributed by atoms with Crippen LogP contribution in [0.15, 0.2) is 12.3 Å². The molecule has 1 unspecified atom stereocenters. The smallest absolute Gasteiger partial charge is 0.270 e. The number of carbonyl (C=O) groups is 1. The van der Waals surface area contributed by atoms with Gasteiger partial charge in [0.15, 0.2) is 0 Å². The average molecular weight is 285 g/mol. The highest BCUT2D eigenvalue weighted by Crippen LogP contribution is 2.21. The SMILES string of the molecule is CCCOCC1CCN(C(=O)c2cc(Cl)cn2C)C1. The van der Waals surface area contributed by atoms with Gasteiger partial charge in [-0.25, -0.2) is 0 Å². The molecule has 0 N–H and O–H groups in total. The van der Waals surface area contributed by atoms with Gasteiger partial charge in [0, 0.05) is 38.9 Å². The average Bonchev–Trinajstić information content (AvgIpc) is 2.96. The van der Waals surface area contributed by atoms with E-state index in [0.717, 1.165) is 39.1 Å². The Morgan fingerprint density at radius 2 is 2.37 bits per heavy atom. The number of aromatic nitrogens is 1. The van der Waals surface area contributed by atoms with Crippen LogP contribution in [-0.4, -0.2) is 41.7 Å². The predicted octanol–water partition coefficient (Wildman–Crippen LogP) is 2.57. The Bertz CT molecular complexity index is 445. The lowest BCUT2D eigenvalue weighted by Crippen LogP contribution is -2.30. The molecular weight excluding hydrogens is 264 g/mol. The van der Waals surface area contributed by atoms with Crippen molar-refractivity contribution in [2.24, 2.45) is 13.0 Å². The topological polar surface area (TPSA) is 34.5 Å². The number of hydrogen-bond donors (Lipinski definition) is 0. The van der Waals surface area contributed by atoms with Gasteiger partial charge in [0.1, 0.15) is 5.69 Å². The molecule has 1 aromatic heterocycles. The van der Waals surface area contributed by atoms with E-state index in [1.54, 1.807) is 16.8 Å². The number of hydrogen-bond acceptors (Lipinski definition) is 2. The van der Waals surface area contributed by atoms with E-state index in [4.69, 9.17) is 16.3 Å². The molecular formula is C14H21ClN2O2. The van der Waals surface area contributed by atoms with E-state index in [1.165, 1.54) is 0 Å². The summed E-state index contributed by atoms with van der Waals surface area (Å²) >= 11 is 5.92. The first-order valence-electron chi connectivity index (χ1n) is 6.80. The molecule has 0 spiro atoms. The van der Waals surface area contributed by atoms with Gasteiger partial charge in [-0.1, -0.05) is 18.5 Å². The van der Waals surface area contributed by atoms with Crippen LogP contribution in [0.5, 0.6) is 0 Å². The summed E-state index contributed by atoms with van der Waals surface area (Å²) in [4.78, 5) is 14.3. The monoisotopic (exact) mass is 284 g/mol. The van der Waals surface area contributed by atoms with Gasteiger partial charge in [0.25, 0.3) is 5.91 Å². The molecule has 2 rings (SSSR count). The molecule has 1 aliphatic heterocycles. The molecule has 19 heavy (non-hydrogen) atoms. The number of carbonyl (C=O) groups excluding carboxylic acids is 1. The minimum atomic E-state index is 0.0624. The fourth-order valence-electron chi connectivity index (χ4n) is 2.45. The molecule has 1 amide bonds. The van der Waals surface area contributed by atoms with E-state index in [9.17, 15) is 4.79 Å². The first-order chi connectivity index (χ1) is 9.11. The lowest BCUT2D eigenvalue weighted by molar-refractivity contribution is 0.0746. The molecule has 5 heteroatoms. The fraction of sp³-hybridized carbons (Fsp3) is 0.643. The van der Waals surface area contributed by atoms with Gasteiger partial charge in [-0.15, -0.1) is 0 Å². The van der Waals surface area contributed by atoms with Gasteiger partial charge in [-0.2, -0.15) is 0 Å². The largest absolute Gasteiger partial charge is 0.381 e. The standard InChI is InChI=1S/C14H21ClN2O2/c1-3-6-19-10-11-4-5-17(8-11)14(18)13-7-12(15)9-16(13)2/h7,9,11H,3-6,8,10H2,1-2H3. The molecule has 1 atom stereocenters. The maximum atomic E-state index is 12.4. The Balaban J connectivity index is 1.90. The molecule has 106 valence electrons. The molecule has 0 aromatic carbocycles. The van der Waals surface area contributed by atoms with Crippen LogP contribution in [0.1, 0.15) is 30.3 Å². The Morgan fingerprint density at radius 3 is 3.00 bits per heavy atom. The van der Waals surface area contributed by atoms with Crippen LogP contribution < -0.4 is 0 Å². The van der Waals surface area contributed by atoms with Gasteiger partial charge in [0.2, 0.25) is 0 Å². The van der Waals surface area contributed by atoms with Gasteiger partial charge in [-0.05, 0) is 18.9 Å². The van der Waals surface area contributed by atoms with Crippen molar-refractivity contribution < 1.29 is 9.53 Å². The zero-order valence-corrected chi connectivity index (χ0v) is 12.3. The van der Waals surface area contributed by atoms with Crippen LogP contribution in [0.2, 0.25) is 5.02 Å². The van der Waals surface area contributed by atoms with E-state index >= 15 is 0 Å². The summed E-state index contributed by atoms with van der Waals surface area (Å²) in [6.07, 6.45) is 3.82. The molecule has 1 saturated heterocycles. The third kappa shape index (κ3) is 3.51. The zero-order valence-electron chi connectivity index (χ0n) is 11.6. The van der Waals surface area contributed by atoms with Gasteiger partial charge < -0.3 is 14.2 Å². The van der Waals surface area contributed by atoms with E-state index in [-0.39, 0.29) is 5.91 Å². The van der Waals surface area contributed by atoms with Crippen molar-refractivity contribution in [2.75, 3.05) is 26.3 Å². The van der Waals surface area contributed by atoms with Crippen molar-refractivity contribution in [3.63, 3.8) is 0 Å². The summed E-state index contributed by atoms with van der Waals surface area (Å²) in [6, 6.07) is 1.73. The Hall–Kier alpha value is -1.00. The van der Waals surface area contributed by atoms with E-state index in [2.05, 4.69) is 6.92 Å². The molecule has 4 nitrogen and oxygen atoms in total. The quantitative estimate of drug-likeness (QED) is 0.779. The van der Waals surface area contributed by atoms with Crippen molar-refractivity contribution in [2.45, 2.75) is 19.8 Å². The van der Waals surface area contributed by atoms with Crippen molar-refractivity contribution in [3.8, 4) is 0 Å². The minimum absolute atomic E-state index is 0.0624. The van der Waals surface area contributed by atoms with Crippen LogP contribution in [0.4, 0.5) is 0 Å². The lowest BCUT2D eigenvalue weighted by atomic mass is 10.1. The first-order valence-corrected chi connectivity index (χ1v) is 7.18. The molecule has 0 aliphatic carbocycles. The highest BCUT2D eigenvalue weighted by atomic mass is 35.5. The Kier molecular flexibility index (Phi) is 4.88. The van der Waals surface area contributed by atoms with Crippen molar-refractivity contribution in [3.05, 3.63) is 23.0 Å².